The number of Topliss-reactive ketones (excluding diaryl/α,β-unsaturated/α-hetero) is 1. The Balaban J connectivity index is 2.26. The first-order valence-electron chi connectivity index (χ1n) is 3.47. The zero-order valence-electron chi connectivity index (χ0n) is 5.26. The summed E-state index contributed by atoms with van der Waals surface area (Å²) in [7, 11) is 0. The Morgan fingerprint density at radius 2 is 2.22 bits per heavy atom. The third-order valence-corrected chi connectivity index (χ3v) is 2.63. The predicted octanol–water partition coefficient (Wildman–Crippen LogP) is 0.490. The summed E-state index contributed by atoms with van der Waals surface area (Å²) in [5.41, 5.74) is -0.222. The van der Waals surface area contributed by atoms with Crippen LogP contribution in [0.5, 0.6) is 0 Å². The molecule has 1 unspecified atom stereocenters. The quantitative estimate of drug-likeness (QED) is 0.513. The fourth-order valence-corrected chi connectivity index (χ4v) is 1.73. The van der Waals surface area contributed by atoms with Crippen LogP contribution in [0.15, 0.2) is 0 Å². The van der Waals surface area contributed by atoms with E-state index in [1.165, 1.54) is 0 Å². The fraction of sp³-hybridized carbons (Fsp3) is 0.857. The number of aliphatic hydroxyl groups excluding tert-OH is 1. The first kappa shape index (κ1) is 5.42. The average Bonchev–Trinajstić information content (AvgIpc) is 2.56. The van der Waals surface area contributed by atoms with E-state index in [-0.39, 0.29) is 11.5 Å². The second-order valence-electron chi connectivity index (χ2n) is 3.13. The molecule has 2 nitrogen and oxygen atoms in total. The number of rotatable bonds is 0. The van der Waals surface area contributed by atoms with Gasteiger partial charge < -0.3 is 5.11 Å². The monoisotopic (exact) mass is 126 g/mol. The lowest BCUT2D eigenvalue weighted by Gasteiger charge is -2.07. The molecule has 0 amide bonds. The molecule has 50 valence electrons. The molecule has 0 aliphatic heterocycles. The Kier molecular flexibility index (Phi) is 0.826. The van der Waals surface area contributed by atoms with Crippen LogP contribution in [-0.4, -0.2) is 17.0 Å². The van der Waals surface area contributed by atoms with E-state index in [1.807, 2.05) is 0 Å². The van der Waals surface area contributed by atoms with Crippen LogP contribution in [-0.2, 0) is 4.79 Å². The van der Waals surface area contributed by atoms with Crippen molar-refractivity contribution in [1.82, 2.24) is 0 Å². The number of carbonyl (C=O) groups excluding carboxylic acids is 1. The summed E-state index contributed by atoms with van der Waals surface area (Å²) in [5.74, 6) is 0.301. The van der Waals surface area contributed by atoms with Gasteiger partial charge in [0.2, 0.25) is 0 Å². The molecule has 2 fully saturated rings. The minimum Gasteiger partial charge on any atom is -0.392 e. The van der Waals surface area contributed by atoms with Crippen molar-refractivity contribution in [3.05, 3.63) is 0 Å². The van der Waals surface area contributed by atoms with Gasteiger partial charge in [-0.2, -0.15) is 0 Å². The summed E-state index contributed by atoms with van der Waals surface area (Å²) in [6, 6.07) is 0. The van der Waals surface area contributed by atoms with Gasteiger partial charge in [0.15, 0.2) is 0 Å². The molecule has 0 bridgehead atoms. The molecule has 0 saturated heterocycles. The van der Waals surface area contributed by atoms with Crippen LogP contribution in [0.25, 0.3) is 0 Å². The van der Waals surface area contributed by atoms with Gasteiger partial charge in [0.25, 0.3) is 0 Å². The van der Waals surface area contributed by atoms with Gasteiger partial charge >= 0.3 is 0 Å². The molecule has 9 heavy (non-hydrogen) atoms. The van der Waals surface area contributed by atoms with Gasteiger partial charge in [0, 0.05) is 6.42 Å². The molecule has 2 aliphatic carbocycles. The zero-order chi connectivity index (χ0) is 6.48. The Morgan fingerprint density at radius 1 is 1.56 bits per heavy atom. The molecule has 0 radical (unpaired) electrons. The van der Waals surface area contributed by atoms with Gasteiger partial charge in [-0.05, 0) is 19.3 Å². The van der Waals surface area contributed by atoms with Crippen molar-refractivity contribution in [2.24, 2.45) is 5.41 Å². The Labute approximate surface area is 53.9 Å². The predicted molar refractivity (Wildman–Crippen MR) is 31.9 cm³/mol. The first-order chi connectivity index (χ1) is 4.26. The SMILES string of the molecule is O=C1CCC(O)C12CC2. The lowest BCUT2D eigenvalue weighted by atomic mass is 10.0. The fourth-order valence-electron chi connectivity index (χ4n) is 1.73. The van der Waals surface area contributed by atoms with Gasteiger partial charge in [0.1, 0.15) is 5.78 Å². The molecular weight excluding hydrogens is 116 g/mol. The second-order valence-corrected chi connectivity index (χ2v) is 3.13. The van der Waals surface area contributed by atoms with E-state index in [9.17, 15) is 9.90 Å². The molecule has 0 aromatic heterocycles. The van der Waals surface area contributed by atoms with E-state index in [4.69, 9.17) is 0 Å². The summed E-state index contributed by atoms with van der Waals surface area (Å²) < 4.78 is 0. The van der Waals surface area contributed by atoms with Crippen LogP contribution < -0.4 is 0 Å². The summed E-state index contributed by atoms with van der Waals surface area (Å²) >= 11 is 0. The van der Waals surface area contributed by atoms with Crippen molar-refractivity contribution in [2.45, 2.75) is 31.8 Å². The maximum atomic E-state index is 11.0. The molecular formula is C7H10O2. The standard InChI is InChI=1S/C7H10O2/c8-5-1-2-6(9)7(5)3-4-7/h5,8H,1-4H2. The van der Waals surface area contributed by atoms with E-state index in [1.54, 1.807) is 0 Å². The van der Waals surface area contributed by atoms with E-state index >= 15 is 0 Å². The van der Waals surface area contributed by atoms with Gasteiger partial charge in [-0.1, -0.05) is 0 Å². The molecule has 0 aromatic carbocycles. The van der Waals surface area contributed by atoms with Crippen molar-refractivity contribution in [1.29, 1.82) is 0 Å². The van der Waals surface area contributed by atoms with Crippen molar-refractivity contribution < 1.29 is 9.90 Å². The summed E-state index contributed by atoms with van der Waals surface area (Å²) in [4.78, 5) is 11.0. The molecule has 0 aromatic rings. The maximum absolute atomic E-state index is 11.0. The Bertz CT molecular complexity index is 158. The first-order valence-corrected chi connectivity index (χ1v) is 3.47. The van der Waals surface area contributed by atoms with E-state index < -0.39 is 0 Å². The highest BCUT2D eigenvalue weighted by Crippen LogP contribution is 2.55. The van der Waals surface area contributed by atoms with Crippen molar-refractivity contribution in [2.75, 3.05) is 0 Å². The highest BCUT2D eigenvalue weighted by atomic mass is 16.3. The summed E-state index contributed by atoms with van der Waals surface area (Å²) in [6.45, 7) is 0. The third-order valence-electron chi connectivity index (χ3n) is 2.63. The van der Waals surface area contributed by atoms with Crippen LogP contribution in [0.3, 0.4) is 0 Å². The van der Waals surface area contributed by atoms with E-state index in [0.717, 1.165) is 12.8 Å². The molecule has 2 aliphatic rings. The molecule has 1 atom stereocenters. The molecule has 0 heterocycles. The smallest absolute Gasteiger partial charge is 0.141 e. The van der Waals surface area contributed by atoms with E-state index in [0.29, 0.717) is 18.6 Å². The number of hydrogen-bond donors (Lipinski definition) is 1. The Morgan fingerprint density at radius 3 is 2.44 bits per heavy atom. The lowest BCUT2D eigenvalue weighted by molar-refractivity contribution is -0.123. The van der Waals surface area contributed by atoms with E-state index in [2.05, 4.69) is 0 Å². The molecule has 1 spiro atoms. The topological polar surface area (TPSA) is 37.3 Å². The number of ketones is 1. The summed E-state index contributed by atoms with van der Waals surface area (Å²) in [5, 5.41) is 9.27. The minimum absolute atomic E-state index is 0.222. The van der Waals surface area contributed by atoms with Gasteiger partial charge in [-0.25, -0.2) is 0 Å². The normalized spacial score (nSPS) is 37.9. The minimum atomic E-state index is -0.301. The molecule has 2 saturated carbocycles. The third kappa shape index (κ3) is 0.517. The van der Waals surface area contributed by atoms with Crippen molar-refractivity contribution >= 4 is 5.78 Å². The number of aliphatic hydroxyl groups is 1. The Hall–Kier alpha value is -0.370. The second kappa shape index (κ2) is 1.37. The van der Waals surface area contributed by atoms with Crippen LogP contribution >= 0.6 is 0 Å². The largest absolute Gasteiger partial charge is 0.392 e. The van der Waals surface area contributed by atoms with Gasteiger partial charge in [-0.15, -0.1) is 0 Å². The highest BCUT2D eigenvalue weighted by molar-refractivity contribution is 5.90. The number of hydrogen-bond acceptors (Lipinski definition) is 2. The molecule has 2 rings (SSSR count). The highest BCUT2D eigenvalue weighted by Gasteiger charge is 2.57. The van der Waals surface area contributed by atoms with Crippen LogP contribution in [0.4, 0.5) is 0 Å². The average molecular weight is 126 g/mol. The van der Waals surface area contributed by atoms with Crippen molar-refractivity contribution in [3.63, 3.8) is 0 Å². The lowest BCUT2D eigenvalue weighted by Crippen LogP contribution is -2.19. The molecule has 1 N–H and O–H groups in total. The number of carbonyl (C=O) groups is 1. The van der Waals surface area contributed by atoms with Gasteiger partial charge in [-0.3, -0.25) is 4.79 Å². The molecule has 2 heteroatoms. The zero-order valence-corrected chi connectivity index (χ0v) is 5.26. The maximum Gasteiger partial charge on any atom is 0.141 e. The van der Waals surface area contributed by atoms with Gasteiger partial charge in [0.05, 0.1) is 11.5 Å². The van der Waals surface area contributed by atoms with Crippen LogP contribution in [0.2, 0.25) is 0 Å². The van der Waals surface area contributed by atoms with Crippen LogP contribution in [0, 0.1) is 5.41 Å². The summed E-state index contributed by atoms with van der Waals surface area (Å²) in [6.07, 6.45) is 2.89. The van der Waals surface area contributed by atoms with Crippen molar-refractivity contribution in [3.8, 4) is 0 Å². The van der Waals surface area contributed by atoms with Crippen LogP contribution in [0.1, 0.15) is 25.7 Å².